The van der Waals surface area contributed by atoms with Crippen LogP contribution in [-0.2, 0) is 13.7 Å². The van der Waals surface area contributed by atoms with Crippen molar-refractivity contribution in [1.82, 2.24) is 19.3 Å². The molecule has 28 heavy (non-hydrogen) atoms. The van der Waals surface area contributed by atoms with Crippen molar-refractivity contribution in [2.45, 2.75) is 19.6 Å². The fraction of sp³-hybridized carbons (Fsp3) is 0.250. The summed E-state index contributed by atoms with van der Waals surface area (Å²) in [6.45, 7) is 2.78. The Balaban J connectivity index is 1.58. The monoisotopic (exact) mass is 414 g/mol. The van der Waals surface area contributed by atoms with Gasteiger partial charge in [-0.25, -0.2) is 9.37 Å². The van der Waals surface area contributed by atoms with Gasteiger partial charge in [-0.05, 0) is 55.5 Å². The average Bonchev–Trinajstić information content (AvgIpc) is 3.25. The van der Waals surface area contributed by atoms with Crippen LogP contribution in [0.1, 0.15) is 18.0 Å². The third-order valence-corrected chi connectivity index (χ3v) is 6.67. The molecule has 0 saturated heterocycles. The molecular weight excluding hydrogens is 393 g/mol. The van der Waals surface area contributed by atoms with Gasteiger partial charge >= 0.3 is 0 Å². The molecule has 4 aromatic rings. The minimum Gasteiger partial charge on any atom is -0.311 e. The van der Waals surface area contributed by atoms with Crippen LogP contribution in [0.5, 0.6) is 0 Å². The summed E-state index contributed by atoms with van der Waals surface area (Å²) in [5, 5.41) is 5.78. The van der Waals surface area contributed by atoms with Crippen molar-refractivity contribution in [3.8, 4) is 11.4 Å². The molecule has 4 rings (SSSR count). The van der Waals surface area contributed by atoms with Gasteiger partial charge in [-0.3, -0.25) is 0 Å². The minimum atomic E-state index is -0.265. The van der Waals surface area contributed by atoms with Gasteiger partial charge in [-0.2, -0.15) is 4.68 Å². The van der Waals surface area contributed by atoms with Crippen LogP contribution in [0, 0.1) is 10.6 Å². The van der Waals surface area contributed by atoms with E-state index in [0.29, 0.717) is 11.4 Å². The number of hydrogen-bond donors (Lipinski definition) is 1. The summed E-state index contributed by atoms with van der Waals surface area (Å²) in [5.41, 5.74) is 1.88. The summed E-state index contributed by atoms with van der Waals surface area (Å²) in [4.78, 5) is 6.01. The van der Waals surface area contributed by atoms with Gasteiger partial charge in [0.05, 0.1) is 17.3 Å². The molecule has 2 heterocycles. The highest BCUT2D eigenvalue weighted by molar-refractivity contribution is 7.71. The predicted molar refractivity (Wildman–Crippen MR) is 112 cm³/mol. The van der Waals surface area contributed by atoms with Gasteiger partial charge in [0, 0.05) is 12.6 Å². The Morgan fingerprint density at radius 1 is 1.18 bits per heavy atom. The summed E-state index contributed by atoms with van der Waals surface area (Å²) in [6, 6.07) is 14.7. The molecule has 0 aliphatic heterocycles. The van der Waals surface area contributed by atoms with E-state index < -0.39 is 0 Å². The third-order valence-electron chi connectivity index (χ3n) is 4.96. The number of thiazole rings is 1. The highest BCUT2D eigenvalue weighted by Gasteiger charge is 2.21. The first-order chi connectivity index (χ1) is 13.4. The quantitative estimate of drug-likeness (QED) is 0.507. The van der Waals surface area contributed by atoms with Crippen LogP contribution >= 0.6 is 23.6 Å². The number of nitrogens with zero attached hydrogens (tertiary/aromatic N) is 4. The molecule has 1 N–H and O–H groups in total. The van der Waals surface area contributed by atoms with Crippen molar-refractivity contribution < 1.29 is 9.29 Å². The molecule has 0 fully saturated rings. The van der Waals surface area contributed by atoms with Crippen molar-refractivity contribution >= 4 is 33.8 Å². The van der Waals surface area contributed by atoms with Crippen LogP contribution in [0.3, 0.4) is 0 Å². The number of rotatable bonds is 5. The molecule has 0 bridgehead atoms. The molecule has 5 nitrogen and oxygen atoms in total. The molecule has 0 radical (unpaired) electrons. The van der Waals surface area contributed by atoms with Crippen molar-refractivity contribution in [3.05, 3.63) is 64.1 Å². The van der Waals surface area contributed by atoms with Gasteiger partial charge in [-0.15, -0.1) is 16.4 Å². The lowest BCUT2D eigenvalue weighted by molar-refractivity contribution is -0.933. The Kier molecular flexibility index (Phi) is 5.09. The minimum absolute atomic E-state index is 0.204. The van der Waals surface area contributed by atoms with E-state index in [9.17, 15) is 4.39 Å². The van der Waals surface area contributed by atoms with E-state index in [1.54, 1.807) is 23.5 Å². The van der Waals surface area contributed by atoms with E-state index in [2.05, 4.69) is 25.1 Å². The molecule has 0 aliphatic rings. The zero-order valence-electron chi connectivity index (χ0n) is 15.9. The van der Waals surface area contributed by atoms with Crippen LogP contribution < -0.4 is 4.90 Å². The van der Waals surface area contributed by atoms with E-state index in [1.807, 2.05) is 34.5 Å². The maximum atomic E-state index is 13.2. The molecule has 1 unspecified atom stereocenters. The topological polar surface area (TPSA) is 40.1 Å². The Bertz CT molecular complexity index is 1140. The Labute approximate surface area is 171 Å². The maximum Gasteiger partial charge on any atom is 0.202 e. The number of fused-ring (bicyclic) bond motifs is 1. The van der Waals surface area contributed by atoms with Gasteiger partial charge in [0.15, 0.2) is 17.5 Å². The normalized spacial score (nSPS) is 13.7. The summed E-state index contributed by atoms with van der Waals surface area (Å²) in [7, 11) is 4.00. The molecule has 2 atom stereocenters. The number of benzene rings is 2. The molecule has 2 aromatic carbocycles. The summed E-state index contributed by atoms with van der Waals surface area (Å²) in [6.07, 6.45) is 0. The number of quaternary nitrogens is 1. The zero-order valence-corrected chi connectivity index (χ0v) is 17.5. The van der Waals surface area contributed by atoms with Crippen LogP contribution in [0.25, 0.3) is 21.6 Å². The van der Waals surface area contributed by atoms with Gasteiger partial charge in [0.25, 0.3) is 0 Å². The van der Waals surface area contributed by atoms with E-state index in [0.717, 1.165) is 21.9 Å². The van der Waals surface area contributed by atoms with Crippen LogP contribution in [-0.4, -0.2) is 26.4 Å². The number of aromatic nitrogens is 4. The average molecular weight is 415 g/mol. The van der Waals surface area contributed by atoms with E-state index >= 15 is 0 Å². The molecule has 0 aliphatic carbocycles. The lowest BCUT2D eigenvalue weighted by atomic mass is 10.2. The van der Waals surface area contributed by atoms with Gasteiger partial charge in [-0.1, -0.05) is 12.1 Å². The van der Waals surface area contributed by atoms with Gasteiger partial charge in [0.2, 0.25) is 4.77 Å². The summed E-state index contributed by atoms with van der Waals surface area (Å²) >= 11 is 7.30. The largest absolute Gasteiger partial charge is 0.311 e. The SMILES string of the molecule is C[C@@H](c1nc2ccccc2s1)[NH+](C)Cn1nc(-c2ccc(F)cc2)n(C)c1=S. The fourth-order valence-corrected chi connectivity index (χ4v) is 4.40. The lowest BCUT2D eigenvalue weighted by Crippen LogP contribution is -3.08. The second kappa shape index (κ2) is 7.54. The van der Waals surface area contributed by atoms with Crippen LogP contribution in [0.15, 0.2) is 48.5 Å². The maximum absolute atomic E-state index is 13.2. The first-order valence-electron chi connectivity index (χ1n) is 9.01. The third kappa shape index (κ3) is 3.50. The van der Waals surface area contributed by atoms with E-state index in [1.165, 1.54) is 21.7 Å². The van der Waals surface area contributed by atoms with Gasteiger partial charge < -0.3 is 9.47 Å². The van der Waals surface area contributed by atoms with Crippen LogP contribution in [0.2, 0.25) is 0 Å². The van der Waals surface area contributed by atoms with E-state index in [-0.39, 0.29) is 11.9 Å². The van der Waals surface area contributed by atoms with Crippen LogP contribution in [0.4, 0.5) is 4.39 Å². The zero-order chi connectivity index (χ0) is 19.8. The van der Waals surface area contributed by atoms with Crippen molar-refractivity contribution in [3.63, 3.8) is 0 Å². The highest BCUT2D eigenvalue weighted by Crippen LogP contribution is 2.25. The second-order valence-electron chi connectivity index (χ2n) is 6.92. The predicted octanol–water partition coefficient (Wildman–Crippen LogP) is 3.60. The fourth-order valence-electron chi connectivity index (χ4n) is 3.10. The highest BCUT2D eigenvalue weighted by atomic mass is 32.1. The van der Waals surface area contributed by atoms with Crippen molar-refractivity contribution in [2.75, 3.05) is 7.05 Å². The smallest absolute Gasteiger partial charge is 0.202 e. The van der Waals surface area contributed by atoms with Gasteiger partial charge in [0.1, 0.15) is 11.9 Å². The molecule has 2 aromatic heterocycles. The summed E-state index contributed by atoms with van der Waals surface area (Å²) < 4.78 is 18.7. The molecule has 0 saturated carbocycles. The molecule has 0 amide bonds. The number of para-hydroxylation sites is 1. The Morgan fingerprint density at radius 2 is 1.89 bits per heavy atom. The first kappa shape index (κ1) is 18.9. The Hall–Kier alpha value is -2.42. The van der Waals surface area contributed by atoms with Crippen molar-refractivity contribution in [1.29, 1.82) is 0 Å². The molecule has 0 spiro atoms. The van der Waals surface area contributed by atoms with E-state index in [4.69, 9.17) is 17.2 Å². The molecule has 8 heteroatoms. The standard InChI is InChI=1S/C20H20FN5S2/c1-13(19-22-16-6-4-5-7-17(16)28-19)24(2)12-26-20(27)25(3)18(23-26)14-8-10-15(21)11-9-14/h4-11,13H,12H2,1-3H3/p+1/t13-/m0/s1. The molecule has 144 valence electrons. The Morgan fingerprint density at radius 3 is 2.61 bits per heavy atom. The lowest BCUT2D eigenvalue weighted by Gasteiger charge is -2.19. The molecular formula is C20H21FN5S2+. The second-order valence-corrected chi connectivity index (χ2v) is 8.34. The number of halogens is 1. The number of nitrogens with one attached hydrogen (secondary N) is 1. The summed E-state index contributed by atoms with van der Waals surface area (Å²) in [5.74, 6) is 0.462. The number of hydrogen-bond acceptors (Lipinski definition) is 4. The first-order valence-corrected chi connectivity index (χ1v) is 10.2. The van der Waals surface area contributed by atoms with Crippen molar-refractivity contribution in [2.24, 2.45) is 7.05 Å².